The molecule has 2 aliphatic rings. The number of amides is 2. The summed E-state index contributed by atoms with van der Waals surface area (Å²) in [5.74, 6) is -1.16. The predicted molar refractivity (Wildman–Crippen MR) is 104 cm³/mol. The number of anilines is 2. The quantitative estimate of drug-likeness (QED) is 0.446. The number of piperazine rings is 1. The van der Waals surface area contributed by atoms with Crippen molar-refractivity contribution in [3.8, 4) is 0 Å². The highest BCUT2D eigenvalue weighted by atomic mass is 19.1. The van der Waals surface area contributed by atoms with E-state index >= 15 is 0 Å². The molecule has 2 fully saturated rings. The van der Waals surface area contributed by atoms with Crippen LogP contribution in [-0.2, 0) is 9.59 Å². The van der Waals surface area contributed by atoms with Crippen LogP contribution in [0.5, 0.6) is 0 Å². The van der Waals surface area contributed by atoms with Gasteiger partial charge in [-0.15, -0.1) is 0 Å². The lowest BCUT2D eigenvalue weighted by atomic mass is 10.1. The maximum atomic E-state index is 13.5. The molecule has 0 saturated carbocycles. The summed E-state index contributed by atoms with van der Waals surface area (Å²) in [5.41, 5.74) is 1.18. The first-order chi connectivity index (χ1) is 13.9. The highest BCUT2D eigenvalue weighted by Gasteiger charge is 2.43. The van der Waals surface area contributed by atoms with Crippen LogP contribution in [0.1, 0.15) is 6.42 Å². The van der Waals surface area contributed by atoms with Crippen molar-refractivity contribution >= 4 is 28.9 Å². The molecule has 0 spiro atoms. The molecule has 0 bridgehead atoms. The lowest BCUT2D eigenvalue weighted by Crippen LogP contribution is -2.52. The summed E-state index contributed by atoms with van der Waals surface area (Å²) in [6, 6.07) is 11.3. The number of hydrogen-bond acceptors (Lipinski definition) is 6. The minimum Gasteiger partial charge on any atom is -0.369 e. The summed E-state index contributed by atoms with van der Waals surface area (Å²) in [7, 11) is 0. The average molecular weight is 398 g/mol. The molecule has 29 heavy (non-hydrogen) atoms. The van der Waals surface area contributed by atoms with Crippen molar-refractivity contribution in [3.63, 3.8) is 0 Å². The number of benzene rings is 2. The Morgan fingerprint density at radius 3 is 2.28 bits per heavy atom. The number of rotatable bonds is 4. The molecule has 150 valence electrons. The Balaban J connectivity index is 1.41. The van der Waals surface area contributed by atoms with E-state index in [0.29, 0.717) is 26.2 Å². The molecule has 2 saturated heterocycles. The molecule has 1 atom stereocenters. The second kappa shape index (κ2) is 7.59. The maximum absolute atomic E-state index is 13.5. The molecule has 0 aromatic heterocycles. The Labute approximate surface area is 166 Å². The van der Waals surface area contributed by atoms with E-state index in [1.807, 2.05) is 4.90 Å². The fourth-order valence-corrected chi connectivity index (χ4v) is 3.86. The van der Waals surface area contributed by atoms with Crippen LogP contribution in [0, 0.1) is 15.9 Å². The largest absolute Gasteiger partial charge is 0.369 e. The highest BCUT2D eigenvalue weighted by molar-refractivity contribution is 6.22. The number of nitro groups is 1. The van der Waals surface area contributed by atoms with Crippen LogP contribution < -0.4 is 9.80 Å². The van der Waals surface area contributed by atoms with Gasteiger partial charge < -0.3 is 4.90 Å². The van der Waals surface area contributed by atoms with Crippen LogP contribution in [-0.4, -0.2) is 53.9 Å². The SMILES string of the molecule is O=C1CC(N2CCN(c3ccc([N+](=O)[O-])cc3)CC2)C(=O)N1c1cccc(F)c1. The normalized spacial score (nSPS) is 20.4. The molecule has 0 radical (unpaired) electrons. The number of carbonyl (C=O) groups is 2. The Bertz CT molecular complexity index is 957. The van der Waals surface area contributed by atoms with Gasteiger partial charge in [-0.05, 0) is 30.3 Å². The Kier molecular flexibility index (Phi) is 4.98. The monoisotopic (exact) mass is 398 g/mol. The van der Waals surface area contributed by atoms with Crippen molar-refractivity contribution in [1.82, 2.24) is 4.90 Å². The first-order valence-corrected chi connectivity index (χ1v) is 9.30. The van der Waals surface area contributed by atoms with E-state index in [4.69, 9.17) is 0 Å². The van der Waals surface area contributed by atoms with Crippen LogP contribution in [0.15, 0.2) is 48.5 Å². The Hall–Kier alpha value is -3.33. The van der Waals surface area contributed by atoms with E-state index < -0.39 is 16.8 Å². The molecule has 1 unspecified atom stereocenters. The van der Waals surface area contributed by atoms with Crippen molar-refractivity contribution in [2.75, 3.05) is 36.0 Å². The lowest BCUT2D eigenvalue weighted by Gasteiger charge is -2.38. The molecule has 2 aromatic rings. The van der Waals surface area contributed by atoms with Crippen LogP contribution in [0.25, 0.3) is 0 Å². The van der Waals surface area contributed by atoms with Crippen LogP contribution in [0.4, 0.5) is 21.5 Å². The number of nitrogens with zero attached hydrogens (tertiary/aromatic N) is 4. The van der Waals surface area contributed by atoms with Gasteiger partial charge in [-0.3, -0.25) is 24.6 Å². The fraction of sp³-hybridized carbons (Fsp3) is 0.300. The second-order valence-electron chi connectivity index (χ2n) is 7.06. The van der Waals surface area contributed by atoms with Gasteiger partial charge in [-0.25, -0.2) is 9.29 Å². The van der Waals surface area contributed by atoms with Gasteiger partial charge in [-0.1, -0.05) is 6.07 Å². The van der Waals surface area contributed by atoms with Crippen LogP contribution >= 0.6 is 0 Å². The maximum Gasteiger partial charge on any atom is 0.269 e. The molecule has 2 amide bonds. The minimum atomic E-state index is -0.551. The van der Waals surface area contributed by atoms with Crippen molar-refractivity contribution in [2.24, 2.45) is 0 Å². The smallest absolute Gasteiger partial charge is 0.269 e. The number of carbonyl (C=O) groups excluding carboxylic acids is 2. The van der Waals surface area contributed by atoms with E-state index in [-0.39, 0.29) is 29.6 Å². The van der Waals surface area contributed by atoms with Crippen molar-refractivity contribution in [1.29, 1.82) is 0 Å². The summed E-state index contributed by atoms with van der Waals surface area (Å²) in [6.07, 6.45) is 0.0763. The third-order valence-corrected chi connectivity index (χ3v) is 5.37. The average Bonchev–Trinajstić information content (AvgIpc) is 3.02. The van der Waals surface area contributed by atoms with Crippen molar-refractivity contribution < 1.29 is 18.9 Å². The summed E-state index contributed by atoms with van der Waals surface area (Å²) < 4.78 is 13.5. The molecule has 2 heterocycles. The fourth-order valence-electron chi connectivity index (χ4n) is 3.86. The van der Waals surface area contributed by atoms with Gasteiger partial charge in [0, 0.05) is 44.0 Å². The number of halogens is 1. The van der Waals surface area contributed by atoms with Crippen LogP contribution in [0.3, 0.4) is 0 Å². The molecule has 4 rings (SSSR count). The zero-order valence-corrected chi connectivity index (χ0v) is 15.5. The van der Waals surface area contributed by atoms with E-state index in [1.165, 1.54) is 30.3 Å². The van der Waals surface area contributed by atoms with E-state index in [1.54, 1.807) is 18.2 Å². The first-order valence-electron chi connectivity index (χ1n) is 9.30. The van der Waals surface area contributed by atoms with Gasteiger partial charge in [0.2, 0.25) is 5.91 Å². The molecular weight excluding hydrogens is 379 g/mol. The molecule has 9 heteroatoms. The number of nitro benzene ring substituents is 1. The number of non-ortho nitro benzene ring substituents is 1. The van der Waals surface area contributed by atoms with Gasteiger partial charge in [-0.2, -0.15) is 0 Å². The predicted octanol–water partition coefficient (Wildman–Crippen LogP) is 2.19. The van der Waals surface area contributed by atoms with Gasteiger partial charge in [0.25, 0.3) is 11.6 Å². The zero-order valence-electron chi connectivity index (χ0n) is 15.5. The topological polar surface area (TPSA) is 87.0 Å². The van der Waals surface area contributed by atoms with Gasteiger partial charge in [0.15, 0.2) is 0 Å². The number of imide groups is 1. The first kappa shape index (κ1) is 19.0. The van der Waals surface area contributed by atoms with Gasteiger partial charge in [0.05, 0.1) is 23.1 Å². The third kappa shape index (κ3) is 3.68. The second-order valence-corrected chi connectivity index (χ2v) is 7.06. The van der Waals surface area contributed by atoms with Crippen molar-refractivity contribution in [3.05, 3.63) is 64.5 Å². The number of hydrogen-bond donors (Lipinski definition) is 0. The van der Waals surface area contributed by atoms with Crippen molar-refractivity contribution in [2.45, 2.75) is 12.5 Å². The summed E-state index contributed by atoms with van der Waals surface area (Å²) in [5, 5.41) is 10.8. The van der Waals surface area contributed by atoms with E-state index in [2.05, 4.69) is 4.90 Å². The molecule has 2 aromatic carbocycles. The lowest BCUT2D eigenvalue weighted by molar-refractivity contribution is -0.384. The van der Waals surface area contributed by atoms with E-state index in [0.717, 1.165) is 10.6 Å². The highest BCUT2D eigenvalue weighted by Crippen LogP contribution is 2.28. The third-order valence-electron chi connectivity index (χ3n) is 5.37. The summed E-state index contributed by atoms with van der Waals surface area (Å²) >= 11 is 0. The van der Waals surface area contributed by atoms with Gasteiger partial charge >= 0.3 is 0 Å². The summed E-state index contributed by atoms with van der Waals surface area (Å²) in [6.45, 7) is 2.43. The minimum absolute atomic E-state index is 0.0416. The molecular formula is C20H19FN4O4. The standard InChI is InChI=1S/C20H19FN4O4/c21-14-2-1-3-17(12-14)24-19(26)13-18(20(24)27)23-10-8-22(9-11-23)15-4-6-16(7-5-15)25(28)29/h1-7,12,18H,8-11,13H2. The van der Waals surface area contributed by atoms with E-state index in [9.17, 15) is 24.1 Å². The van der Waals surface area contributed by atoms with Crippen LogP contribution in [0.2, 0.25) is 0 Å². The van der Waals surface area contributed by atoms with Gasteiger partial charge in [0.1, 0.15) is 5.82 Å². The zero-order chi connectivity index (χ0) is 20.5. The molecule has 8 nitrogen and oxygen atoms in total. The Morgan fingerprint density at radius 1 is 0.966 bits per heavy atom. The summed E-state index contributed by atoms with van der Waals surface area (Å²) in [4.78, 5) is 40.7. The molecule has 0 aliphatic carbocycles. The molecule has 2 aliphatic heterocycles. The molecule has 0 N–H and O–H groups in total. The Morgan fingerprint density at radius 2 is 1.66 bits per heavy atom.